The third-order valence-electron chi connectivity index (χ3n) is 4.37. The topological polar surface area (TPSA) is 71.7 Å². The van der Waals surface area contributed by atoms with Gasteiger partial charge in [0.05, 0.1) is 13.2 Å². The molecule has 1 amide bonds. The van der Waals surface area contributed by atoms with Gasteiger partial charge in [-0.3, -0.25) is 4.90 Å². The van der Waals surface area contributed by atoms with Gasteiger partial charge in [-0.2, -0.15) is 4.98 Å². The van der Waals surface area contributed by atoms with Crippen LogP contribution in [0.25, 0.3) is 11.5 Å². The van der Waals surface area contributed by atoms with E-state index in [9.17, 15) is 4.79 Å². The summed E-state index contributed by atoms with van der Waals surface area (Å²) in [7, 11) is 0. The molecule has 1 saturated heterocycles. The van der Waals surface area contributed by atoms with Gasteiger partial charge >= 0.3 is 6.09 Å². The van der Waals surface area contributed by atoms with Crippen LogP contribution in [-0.2, 0) is 11.3 Å². The van der Waals surface area contributed by atoms with Crippen molar-refractivity contribution in [1.82, 2.24) is 19.9 Å². The normalized spacial score (nSPS) is 18.4. The number of benzene rings is 1. The van der Waals surface area contributed by atoms with E-state index in [-0.39, 0.29) is 12.1 Å². The van der Waals surface area contributed by atoms with Crippen molar-refractivity contribution >= 4 is 6.09 Å². The van der Waals surface area contributed by atoms with Gasteiger partial charge in [-0.25, -0.2) is 4.79 Å². The number of carbonyl (C=O) groups is 1. The molecule has 0 bridgehead atoms. The van der Waals surface area contributed by atoms with Gasteiger partial charge < -0.3 is 14.2 Å². The summed E-state index contributed by atoms with van der Waals surface area (Å²) in [6.07, 6.45) is -0.240. The highest BCUT2D eigenvalue weighted by molar-refractivity contribution is 5.67. The van der Waals surface area contributed by atoms with E-state index in [1.807, 2.05) is 38.1 Å². The summed E-state index contributed by atoms with van der Waals surface area (Å²) in [4.78, 5) is 20.4. The highest BCUT2D eigenvalue weighted by Gasteiger charge is 2.28. The molecule has 134 valence electrons. The molecule has 0 N–H and O–H groups in total. The van der Waals surface area contributed by atoms with Crippen LogP contribution in [0.15, 0.2) is 28.8 Å². The predicted molar refractivity (Wildman–Crippen MR) is 92.9 cm³/mol. The fourth-order valence-electron chi connectivity index (χ4n) is 3.01. The minimum absolute atomic E-state index is 0.207. The summed E-state index contributed by atoms with van der Waals surface area (Å²) in [6, 6.07) is 8.21. The molecule has 0 spiro atoms. The predicted octanol–water partition coefficient (Wildman–Crippen LogP) is 2.71. The maximum Gasteiger partial charge on any atom is 0.409 e. The second-order valence-electron chi connectivity index (χ2n) is 6.35. The Bertz CT molecular complexity index is 731. The van der Waals surface area contributed by atoms with Crippen LogP contribution in [0.2, 0.25) is 0 Å². The SMILES string of the molecule is CCOC(=O)N1CCN(Cc2noc(-c3cccc(C)c3)n2)[C@H](C)C1. The number of carbonyl (C=O) groups excluding carboxylic acids is 1. The molecule has 1 fully saturated rings. The number of amides is 1. The summed E-state index contributed by atoms with van der Waals surface area (Å²) in [5.41, 5.74) is 2.08. The average Bonchev–Trinajstić information content (AvgIpc) is 3.05. The fourth-order valence-corrected chi connectivity index (χ4v) is 3.01. The molecule has 1 aromatic carbocycles. The Balaban J connectivity index is 1.61. The minimum Gasteiger partial charge on any atom is -0.450 e. The number of aryl methyl sites for hydroxylation is 1. The first-order chi connectivity index (χ1) is 12.1. The lowest BCUT2D eigenvalue weighted by Crippen LogP contribution is -2.53. The lowest BCUT2D eigenvalue weighted by molar-refractivity contribution is 0.0531. The lowest BCUT2D eigenvalue weighted by Gasteiger charge is -2.38. The fraction of sp³-hybridized carbons (Fsp3) is 0.500. The molecule has 2 aromatic rings. The Morgan fingerprint density at radius 3 is 2.96 bits per heavy atom. The van der Waals surface area contributed by atoms with Crippen molar-refractivity contribution in [2.24, 2.45) is 0 Å². The minimum atomic E-state index is -0.240. The molecule has 1 aromatic heterocycles. The van der Waals surface area contributed by atoms with Gasteiger partial charge in [0.25, 0.3) is 5.89 Å². The quantitative estimate of drug-likeness (QED) is 0.849. The summed E-state index contributed by atoms with van der Waals surface area (Å²) in [5, 5.41) is 4.10. The van der Waals surface area contributed by atoms with Gasteiger partial charge in [-0.05, 0) is 32.9 Å². The zero-order chi connectivity index (χ0) is 17.8. The van der Waals surface area contributed by atoms with Gasteiger partial charge in [0.1, 0.15) is 0 Å². The molecular weight excluding hydrogens is 320 g/mol. The van der Waals surface area contributed by atoms with E-state index in [1.165, 1.54) is 0 Å². The summed E-state index contributed by atoms with van der Waals surface area (Å²) < 4.78 is 10.5. The molecule has 7 heteroatoms. The first-order valence-corrected chi connectivity index (χ1v) is 8.62. The van der Waals surface area contributed by atoms with Crippen molar-refractivity contribution in [1.29, 1.82) is 0 Å². The molecule has 1 atom stereocenters. The van der Waals surface area contributed by atoms with E-state index >= 15 is 0 Å². The molecule has 0 saturated carbocycles. The molecular formula is C18H24N4O3. The van der Waals surface area contributed by atoms with Crippen LogP contribution in [0.5, 0.6) is 0 Å². The van der Waals surface area contributed by atoms with Crippen molar-refractivity contribution < 1.29 is 14.1 Å². The van der Waals surface area contributed by atoms with E-state index in [4.69, 9.17) is 9.26 Å². The zero-order valence-corrected chi connectivity index (χ0v) is 14.9. The molecule has 0 radical (unpaired) electrons. The molecule has 1 aliphatic rings. The Morgan fingerprint density at radius 2 is 2.24 bits per heavy atom. The van der Waals surface area contributed by atoms with Crippen molar-refractivity contribution in [3.63, 3.8) is 0 Å². The Hall–Kier alpha value is -2.41. The Labute approximate surface area is 147 Å². The van der Waals surface area contributed by atoms with Gasteiger partial charge in [0.2, 0.25) is 0 Å². The van der Waals surface area contributed by atoms with E-state index in [0.29, 0.717) is 38.0 Å². The molecule has 7 nitrogen and oxygen atoms in total. The van der Waals surface area contributed by atoms with Gasteiger partial charge in [-0.1, -0.05) is 22.9 Å². The number of ether oxygens (including phenoxy) is 1. The van der Waals surface area contributed by atoms with Crippen LogP contribution >= 0.6 is 0 Å². The second-order valence-corrected chi connectivity index (χ2v) is 6.35. The van der Waals surface area contributed by atoms with Crippen molar-refractivity contribution in [2.75, 3.05) is 26.2 Å². The van der Waals surface area contributed by atoms with Crippen molar-refractivity contribution in [3.05, 3.63) is 35.7 Å². The second kappa shape index (κ2) is 7.65. The van der Waals surface area contributed by atoms with E-state index in [1.54, 1.807) is 4.90 Å². The summed E-state index contributed by atoms with van der Waals surface area (Å²) in [5.74, 6) is 1.20. The van der Waals surface area contributed by atoms with Crippen LogP contribution in [0.4, 0.5) is 4.79 Å². The number of hydrogen-bond donors (Lipinski definition) is 0. The summed E-state index contributed by atoms with van der Waals surface area (Å²) >= 11 is 0. The number of hydrogen-bond acceptors (Lipinski definition) is 6. The Kier molecular flexibility index (Phi) is 5.33. The number of rotatable bonds is 4. The number of piperazine rings is 1. The molecule has 3 rings (SSSR count). The van der Waals surface area contributed by atoms with E-state index in [0.717, 1.165) is 17.7 Å². The maximum absolute atomic E-state index is 11.8. The maximum atomic E-state index is 11.8. The van der Waals surface area contributed by atoms with Gasteiger partial charge in [-0.15, -0.1) is 0 Å². The lowest BCUT2D eigenvalue weighted by atomic mass is 10.1. The van der Waals surface area contributed by atoms with Crippen LogP contribution in [-0.4, -0.2) is 58.3 Å². The highest BCUT2D eigenvalue weighted by atomic mass is 16.6. The standard InChI is InChI=1S/C18H24N4O3/c1-4-24-18(23)22-9-8-21(14(3)11-22)12-16-19-17(25-20-16)15-7-5-6-13(2)10-15/h5-7,10,14H,4,8-9,11-12H2,1-3H3/t14-/m1/s1. The first kappa shape index (κ1) is 17.4. The summed E-state index contributed by atoms with van der Waals surface area (Å²) in [6.45, 7) is 8.99. The monoisotopic (exact) mass is 344 g/mol. The molecule has 0 unspecified atom stereocenters. The number of nitrogens with zero attached hydrogens (tertiary/aromatic N) is 4. The smallest absolute Gasteiger partial charge is 0.409 e. The third kappa shape index (κ3) is 4.17. The average molecular weight is 344 g/mol. The highest BCUT2D eigenvalue weighted by Crippen LogP contribution is 2.19. The van der Waals surface area contributed by atoms with Crippen LogP contribution in [0.3, 0.4) is 0 Å². The van der Waals surface area contributed by atoms with E-state index < -0.39 is 0 Å². The van der Waals surface area contributed by atoms with E-state index in [2.05, 4.69) is 22.0 Å². The van der Waals surface area contributed by atoms with Crippen molar-refractivity contribution in [3.8, 4) is 11.5 Å². The number of aromatic nitrogens is 2. The van der Waals surface area contributed by atoms with Crippen LogP contribution in [0.1, 0.15) is 25.2 Å². The van der Waals surface area contributed by atoms with Gasteiger partial charge in [0.15, 0.2) is 5.82 Å². The van der Waals surface area contributed by atoms with Gasteiger partial charge in [0, 0.05) is 31.2 Å². The molecule has 1 aliphatic heterocycles. The largest absolute Gasteiger partial charge is 0.450 e. The first-order valence-electron chi connectivity index (χ1n) is 8.62. The molecule has 25 heavy (non-hydrogen) atoms. The Morgan fingerprint density at radius 1 is 1.40 bits per heavy atom. The van der Waals surface area contributed by atoms with Crippen LogP contribution < -0.4 is 0 Å². The zero-order valence-electron chi connectivity index (χ0n) is 14.9. The molecule has 0 aliphatic carbocycles. The van der Waals surface area contributed by atoms with Crippen molar-refractivity contribution in [2.45, 2.75) is 33.4 Å². The molecule has 2 heterocycles. The van der Waals surface area contributed by atoms with Crippen LogP contribution in [0, 0.1) is 6.92 Å². The third-order valence-corrected chi connectivity index (χ3v) is 4.37.